The van der Waals surface area contributed by atoms with Crippen LogP contribution < -0.4 is 15.5 Å². The lowest BCUT2D eigenvalue weighted by Crippen LogP contribution is -2.59. The van der Waals surface area contributed by atoms with Crippen molar-refractivity contribution in [3.8, 4) is 0 Å². The van der Waals surface area contributed by atoms with Gasteiger partial charge in [-0.2, -0.15) is 0 Å². The van der Waals surface area contributed by atoms with Crippen LogP contribution in [-0.2, 0) is 23.9 Å². The van der Waals surface area contributed by atoms with Crippen molar-refractivity contribution < 1.29 is 28.7 Å². The van der Waals surface area contributed by atoms with Gasteiger partial charge in [0.25, 0.3) is 11.8 Å². The Morgan fingerprint density at radius 3 is 2.32 bits per heavy atom. The quantitative estimate of drug-likeness (QED) is 0.519. The van der Waals surface area contributed by atoms with E-state index in [1.54, 1.807) is 52.0 Å². The van der Waals surface area contributed by atoms with Crippen LogP contribution in [0.5, 0.6) is 0 Å². The maximum atomic E-state index is 12.9. The summed E-state index contributed by atoms with van der Waals surface area (Å²) in [6.45, 7) is 5.48. The molecule has 2 heterocycles. The number of benzene rings is 1. The fourth-order valence-electron chi connectivity index (χ4n) is 3.83. The summed E-state index contributed by atoms with van der Waals surface area (Å²) >= 11 is 0. The molecule has 0 unspecified atom stereocenters. The molecule has 10 nitrogen and oxygen atoms in total. The van der Waals surface area contributed by atoms with Gasteiger partial charge < -0.3 is 15.4 Å². The van der Waals surface area contributed by atoms with Gasteiger partial charge in [0, 0.05) is 0 Å². The van der Waals surface area contributed by atoms with Gasteiger partial charge in [0.2, 0.25) is 5.91 Å². The Kier molecular flexibility index (Phi) is 5.75. The Balaban J connectivity index is 1.68. The molecule has 0 aromatic heterocycles. The van der Waals surface area contributed by atoms with Crippen LogP contribution in [0.3, 0.4) is 0 Å². The molecule has 166 valence electrons. The highest BCUT2D eigenvalue weighted by molar-refractivity contribution is 6.14. The molecule has 0 spiro atoms. The van der Waals surface area contributed by atoms with Crippen molar-refractivity contribution >= 4 is 41.1 Å². The highest BCUT2D eigenvalue weighted by Crippen LogP contribution is 2.36. The normalized spacial score (nSPS) is 18.9. The number of para-hydroxylation sites is 2. The fourth-order valence-corrected chi connectivity index (χ4v) is 3.83. The zero-order chi connectivity index (χ0) is 23.0. The molecule has 2 N–H and O–H groups in total. The lowest BCUT2D eigenvalue weighted by atomic mass is 9.93. The first-order valence-corrected chi connectivity index (χ1v) is 10.1. The monoisotopic (exact) mass is 430 g/mol. The highest BCUT2D eigenvalue weighted by atomic mass is 16.5. The second-order valence-electron chi connectivity index (χ2n) is 8.03. The molecule has 0 radical (unpaired) electrons. The molecule has 1 fully saturated rings. The van der Waals surface area contributed by atoms with Crippen molar-refractivity contribution in [2.75, 3.05) is 23.4 Å². The molecule has 31 heavy (non-hydrogen) atoms. The van der Waals surface area contributed by atoms with Gasteiger partial charge in [-0.15, -0.1) is 0 Å². The number of imide groups is 1. The lowest BCUT2D eigenvalue weighted by Gasteiger charge is -2.41. The first-order chi connectivity index (χ1) is 14.6. The predicted octanol–water partition coefficient (Wildman–Crippen LogP) is 1.40. The molecule has 1 aromatic carbocycles. The maximum absolute atomic E-state index is 12.9. The number of anilines is 2. The van der Waals surface area contributed by atoms with Crippen LogP contribution in [0.15, 0.2) is 24.3 Å². The Hall–Kier alpha value is -3.43. The van der Waals surface area contributed by atoms with Crippen molar-refractivity contribution in [1.82, 2.24) is 10.2 Å². The van der Waals surface area contributed by atoms with Gasteiger partial charge in [-0.25, -0.2) is 4.79 Å². The van der Waals surface area contributed by atoms with E-state index in [9.17, 15) is 24.0 Å². The average Bonchev–Trinajstić information content (AvgIpc) is 2.97. The molecule has 0 aliphatic carbocycles. The van der Waals surface area contributed by atoms with Crippen molar-refractivity contribution in [1.29, 1.82) is 0 Å². The third kappa shape index (κ3) is 3.73. The molecule has 1 aromatic rings. The fraction of sp³-hybridized carbons (Fsp3) is 0.476. The Morgan fingerprint density at radius 2 is 1.71 bits per heavy atom. The van der Waals surface area contributed by atoms with E-state index in [1.165, 1.54) is 4.90 Å². The second-order valence-corrected chi connectivity index (χ2v) is 8.03. The van der Waals surface area contributed by atoms with Crippen LogP contribution in [0.1, 0.15) is 40.5 Å². The van der Waals surface area contributed by atoms with Gasteiger partial charge in [-0.05, 0) is 38.8 Å². The van der Waals surface area contributed by atoms with Crippen molar-refractivity contribution in [2.45, 2.75) is 51.6 Å². The summed E-state index contributed by atoms with van der Waals surface area (Å²) in [6, 6.07) is 6.13. The van der Waals surface area contributed by atoms with E-state index in [0.29, 0.717) is 24.2 Å². The van der Waals surface area contributed by atoms with Crippen LogP contribution in [0.2, 0.25) is 0 Å². The van der Waals surface area contributed by atoms with Crippen LogP contribution in [0.25, 0.3) is 0 Å². The minimum absolute atomic E-state index is 0.374. The van der Waals surface area contributed by atoms with E-state index >= 15 is 0 Å². The highest BCUT2D eigenvalue weighted by Gasteiger charge is 2.49. The molecule has 5 amide bonds. The summed E-state index contributed by atoms with van der Waals surface area (Å²) in [7, 11) is 0. The number of fused-ring (bicyclic) bond motifs is 1. The standard InChI is InChI=1S/C21H26N4O6/c1-5-21(6-2)18(29)24(19(30)23-21)11-16(27)31-12-15(26)25-14-10-8-7-9-13(14)22-17(28)20(25,3)4/h7-10H,5-6,11-12H2,1-4H3,(H,22,28)(H,23,30). The van der Waals surface area contributed by atoms with E-state index in [4.69, 9.17) is 4.74 Å². The SMILES string of the molecule is CCC1(CC)NC(=O)N(CC(=O)OCC(=O)N2c3ccccc3NC(=O)C2(C)C)C1=O. The smallest absolute Gasteiger partial charge is 0.326 e. The Labute approximate surface area is 179 Å². The van der Waals surface area contributed by atoms with Gasteiger partial charge >= 0.3 is 12.0 Å². The van der Waals surface area contributed by atoms with E-state index in [-0.39, 0.29) is 5.91 Å². The number of urea groups is 1. The van der Waals surface area contributed by atoms with Gasteiger partial charge in [0.1, 0.15) is 17.6 Å². The molecule has 1 saturated heterocycles. The molecule has 0 atom stereocenters. The number of carbonyl (C=O) groups excluding carboxylic acids is 5. The summed E-state index contributed by atoms with van der Waals surface area (Å²) in [5.41, 5.74) is -1.27. The summed E-state index contributed by atoms with van der Waals surface area (Å²) in [5, 5.41) is 5.37. The molecular formula is C21H26N4O6. The molecular weight excluding hydrogens is 404 g/mol. The first kappa shape index (κ1) is 22.3. The Bertz CT molecular complexity index is 953. The number of carbonyl (C=O) groups is 5. The van der Waals surface area contributed by atoms with Crippen LogP contribution in [-0.4, -0.2) is 58.9 Å². The summed E-state index contributed by atoms with van der Waals surface area (Å²) < 4.78 is 5.06. The minimum atomic E-state index is -1.20. The number of amides is 5. The molecule has 3 rings (SSSR count). The molecule has 10 heteroatoms. The average molecular weight is 430 g/mol. The van der Waals surface area contributed by atoms with E-state index in [1.807, 2.05) is 0 Å². The van der Waals surface area contributed by atoms with E-state index in [0.717, 1.165) is 4.90 Å². The minimum Gasteiger partial charge on any atom is -0.454 e. The number of nitrogens with zero attached hydrogens (tertiary/aromatic N) is 2. The van der Waals surface area contributed by atoms with E-state index < -0.39 is 48.0 Å². The van der Waals surface area contributed by atoms with Crippen molar-refractivity contribution in [3.63, 3.8) is 0 Å². The van der Waals surface area contributed by atoms with Crippen molar-refractivity contribution in [3.05, 3.63) is 24.3 Å². The predicted molar refractivity (Wildman–Crippen MR) is 111 cm³/mol. The third-order valence-corrected chi connectivity index (χ3v) is 5.85. The third-order valence-electron chi connectivity index (χ3n) is 5.85. The first-order valence-electron chi connectivity index (χ1n) is 10.1. The topological polar surface area (TPSA) is 125 Å². The van der Waals surface area contributed by atoms with Gasteiger partial charge in [0.15, 0.2) is 6.61 Å². The molecule has 2 aliphatic rings. The second kappa shape index (κ2) is 8.01. The number of hydrogen-bond donors (Lipinski definition) is 2. The largest absolute Gasteiger partial charge is 0.454 e. The summed E-state index contributed by atoms with van der Waals surface area (Å²) in [6.07, 6.45) is 0.785. The summed E-state index contributed by atoms with van der Waals surface area (Å²) in [5.74, 6) is -2.36. The van der Waals surface area contributed by atoms with Crippen molar-refractivity contribution in [2.24, 2.45) is 0 Å². The van der Waals surface area contributed by atoms with Gasteiger partial charge in [-0.1, -0.05) is 26.0 Å². The van der Waals surface area contributed by atoms with Gasteiger partial charge in [0.05, 0.1) is 11.4 Å². The number of esters is 1. The number of rotatable bonds is 6. The van der Waals surface area contributed by atoms with Crippen LogP contribution in [0.4, 0.5) is 16.2 Å². The zero-order valence-corrected chi connectivity index (χ0v) is 18.0. The Morgan fingerprint density at radius 1 is 1.06 bits per heavy atom. The maximum Gasteiger partial charge on any atom is 0.326 e. The van der Waals surface area contributed by atoms with Crippen LogP contribution in [0, 0.1) is 0 Å². The van der Waals surface area contributed by atoms with Crippen LogP contribution >= 0.6 is 0 Å². The number of nitrogens with one attached hydrogen (secondary N) is 2. The number of ether oxygens (including phenoxy) is 1. The van der Waals surface area contributed by atoms with Gasteiger partial charge in [-0.3, -0.25) is 29.0 Å². The number of hydrogen-bond acceptors (Lipinski definition) is 6. The summed E-state index contributed by atoms with van der Waals surface area (Å²) in [4.78, 5) is 64.5. The molecule has 0 saturated carbocycles. The lowest BCUT2D eigenvalue weighted by molar-refractivity contribution is -0.151. The molecule has 2 aliphatic heterocycles. The molecule has 0 bridgehead atoms. The zero-order valence-electron chi connectivity index (χ0n) is 18.0. The van der Waals surface area contributed by atoms with E-state index in [2.05, 4.69) is 10.6 Å².